The van der Waals surface area contributed by atoms with Gasteiger partial charge < -0.3 is 15.3 Å². The molecular weight excluding hydrogens is 296 g/mol. The number of benzene rings is 2. The molecule has 0 aromatic heterocycles. The molecule has 2 aromatic carbocycles. The molecule has 2 N–H and O–H groups in total. The van der Waals surface area contributed by atoms with Crippen molar-refractivity contribution in [3.8, 4) is 0 Å². The van der Waals surface area contributed by atoms with E-state index in [4.69, 9.17) is 0 Å². The first-order chi connectivity index (χ1) is 11.6. The summed E-state index contributed by atoms with van der Waals surface area (Å²) in [6.45, 7) is 4.24. The average molecular weight is 326 g/mol. The monoisotopic (exact) mass is 326 g/mol. The summed E-state index contributed by atoms with van der Waals surface area (Å²) in [7, 11) is 4.18. The van der Waals surface area contributed by atoms with E-state index in [1.165, 1.54) is 16.7 Å². The minimum Gasteiger partial charge on any atom is -0.396 e. The molecule has 0 radical (unpaired) electrons. The summed E-state index contributed by atoms with van der Waals surface area (Å²) in [6, 6.07) is 19.5. The quantitative estimate of drug-likeness (QED) is 0.739. The van der Waals surface area contributed by atoms with E-state index in [1.807, 2.05) is 6.07 Å². The fourth-order valence-corrected chi connectivity index (χ4v) is 3.03. The normalized spacial score (nSPS) is 13.9. The number of rotatable bonds is 9. The Hall–Kier alpha value is -1.68. The van der Waals surface area contributed by atoms with Crippen LogP contribution in [-0.2, 0) is 6.54 Å². The molecule has 0 aliphatic carbocycles. The number of nitrogens with one attached hydrogen (secondary N) is 1. The maximum atomic E-state index is 9.37. The lowest BCUT2D eigenvalue weighted by atomic mass is 9.95. The second kappa shape index (κ2) is 9.58. The Morgan fingerprint density at radius 2 is 1.71 bits per heavy atom. The maximum Gasteiger partial charge on any atom is 0.0437 e. The van der Waals surface area contributed by atoms with Crippen LogP contribution in [0, 0.1) is 0 Å². The highest BCUT2D eigenvalue weighted by atomic mass is 16.3. The first-order valence-electron chi connectivity index (χ1n) is 8.73. The molecule has 0 saturated carbocycles. The SMILES string of the molecule is CC(NCC(CCO)c1ccccc1)c1cccc(CN(C)C)c1. The second-order valence-electron chi connectivity index (χ2n) is 6.73. The molecule has 0 bridgehead atoms. The van der Waals surface area contributed by atoms with Crippen LogP contribution in [0.4, 0.5) is 0 Å². The van der Waals surface area contributed by atoms with E-state index in [-0.39, 0.29) is 12.6 Å². The minimum atomic E-state index is 0.216. The van der Waals surface area contributed by atoms with E-state index < -0.39 is 0 Å². The Morgan fingerprint density at radius 3 is 2.38 bits per heavy atom. The smallest absolute Gasteiger partial charge is 0.0437 e. The largest absolute Gasteiger partial charge is 0.396 e. The highest BCUT2D eigenvalue weighted by Crippen LogP contribution is 2.21. The molecular formula is C21H30N2O. The van der Waals surface area contributed by atoms with Crippen molar-refractivity contribution in [3.63, 3.8) is 0 Å². The van der Waals surface area contributed by atoms with Gasteiger partial charge in [0.1, 0.15) is 0 Å². The van der Waals surface area contributed by atoms with Crippen LogP contribution in [0.2, 0.25) is 0 Å². The van der Waals surface area contributed by atoms with Gasteiger partial charge in [-0.3, -0.25) is 0 Å². The maximum absolute atomic E-state index is 9.37. The van der Waals surface area contributed by atoms with Gasteiger partial charge in [-0.15, -0.1) is 0 Å². The van der Waals surface area contributed by atoms with E-state index in [2.05, 4.69) is 79.8 Å². The molecule has 0 saturated heterocycles. The zero-order valence-corrected chi connectivity index (χ0v) is 15.1. The number of hydrogen-bond donors (Lipinski definition) is 2. The van der Waals surface area contributed by atoms with Crippen molar-refractivity contribution in [2.75, 3.05) is 27.2 Å². The molecule has 0 fully saturated rings. The van der Waals surface area contributed by atoms with Crippen LogP contribution in [0.3, 0.4) is 0 Å². The highest BCUT2D eigenvalue weighted by molar-refractivity contribution is 5.26. The Labute approximate surface area is 146 Å². The average Bonchev–Trinajstić information content (AvgIpc) is 2.58. The summed E-state index contributed by atoms with van der Waals surface area (Å²) < 4.78 is 0. The van der Waals surface area contributed by atoms with Gasteiger partial charge in [0, 0.05) is 25.7 Å². The summed E-state index contributed by atoms with van der Waals surface area (Å²) in [4.78, 5) is 2.18. The lowest BCUT2D eigenvalue weighted by Crippen LogP contribution is -2.25. The van der Waals surface area contributed by atoms with E-state index in [1.54, 1.807) is 0 Å². The van der Waals surface area contributed by atoms with Crippen molar-refractivity contribution < 1.29 is 5.11 Å². The van der Waals surface area contributed by atoms with Crippen molar-refractivity contribution in [2.24, 2.45) is 0 Å². The van der Waals surface area contributed by atoms with E-state index in [0.717, 1.165) is 19.5 Å². The first-order valence-corrected chi connectivity index (χ1v) is 8.73. The summed E-state index contributed by atoms with van der Waals surface area (Å²) in [5, 5.41) is 13.0. The van der Waals surface area contributed by atoms with Crippen LogP contribution in [0.5, 0.6) is 0 Å². The molecule has 3 heteroatoms. The molecule has 0 amide bonds. The van der Waals surface area contributed by atoms with E-state index in [0.29, 0.717) is 5.92 Å². The summed E-state index contributed by atoms with van der Waals surface area (Å²) >= 11 is 0. The third-order valence-electron chi connectivity index (χ3n) is 4.37. The summed E-state index contributed by atoms with van der Waals surface area (Å²) in [6.07, 6.45) is 0.782. The summed E-state index contributed by atoms with van der Waals surface area (Å²) in [5.41, 5.74) is 3.93. The summed E-state index contributed by atoms with van der Waals surface area (Å²) in [5.74, 6) is 0.337. The molecule has 2 unspecified atom stereocenters. The minimum absolute atomic E-state index is 0.216. The molecule has 0 aliphatic rings. The van der Waals surface area contributed by atoms with Gasteiger partial charge in [-0.1, -0.05) is 54.6 Å². The molecule has 2 rings (SSSR count). The van der Waals surface area contributed by atoms with Gasteiger partial charge in [-0.2, -0.15) is 0 Å². The van der Waals surface area contributed by atoms with E-state index >= 15 is 0 Å². The molecule has 3 nitrogen and oxygen atoms in total. The zero-order valence-electron chi connectivity index (χ0n) is 15.1. The van der Waals surface area contributed by atoms with Crippen LogP contribution in [0.15, 0.2) is 54.6 Å². The van der Waals surface area contributed by atoms with Gasteiger partial charge in [0.2, 0.25) is 0 Å². The Morgan fingerprint density at radius 1 is 1.00 bits per heavy atom. The van der Waals surface area contributed by atoms with Gasteiger partial charge in [-0.25, -0.2) is 0 Å². The van der Waals surface area contributed by atoms with Crippen LogP contribution in [0.25, 0.3) is 0 Å². The number of aliphatic hydroxyl groups excluding tert-OH is 1. The number of aliphatic hydroxyl groups is 1. The lowest BCUT2D eigenvalue weighted by molar-refractivity contribution is 0.272. The van der Waals surface area contributed by atoms with Crippen molar-refractivity contribution in [2.45, 2.75) is 31.8 Å². The first kappa shape index (κ1) is 18.7. The predicted molar refractivity (Wildman–Crippen MR) is 101 cm³/mol. The second-order valence-corrected chi connectivity index (χ2v) is 6.73. The predicted octanol–water partition coefficient (Wildman–Crippen LogP) is 3.57. The third kappa shape index (κ3) is 5.75. The highest BCUT2D eigenvalue weighted by Gasteiger charge is 2.13. The van der Waals surface area contributed by atoms with E-state index in [9.17, 15) is 5.11 Å². The topological polar surface area (TPSA) is 35.5 Å². The van der Waals surface area contributed by atoms with Crippen LogP contribution in [0.1, 0.15) is 42.0 Å². The molecule has 0 spiro atoms. The van der Waals surface area contributed by atoms with Gasteiger partial charge in [0.15, 0.2) is 0 Å². The molecule has 2 atom stereocenters. The fourth-order valence-electron chi connectivity index (χ4n) is 3.03. The van der Waals surface area contributed by atoms with Crippen LogP contribution in [-0.4, -0.2) is 37.3 Å². The van der Waals surface area contributed by atoms with Crippen molar-refractivity contribution in [3.05, 3.63) is 71.3 Å². The molecule has 2 aromatic rings. The Kier molecular flexibility index (Phi) is 7.44. The van der Waals surface area contributed by atoms with Gasteiger partial charge in [-0.05, 0) is 50.0 Å². The third-order valence-corrected chi connectivity index (χ3v) is 4.37. The Balaban J connectivity index is 1.99. The lowest BCUT2D eigenvalue weighted by Gasteiger charge is -2.21. The van der Waals surface area contributed by atoms with Crippen molar-refractivity contribution in [1.82, 2.24) is 10.2 Å². The fraction of sp³-hybridized carbons (Fsp3) is 0.429. The van der Waals surface area contributed by atoms with Crippen molar-refractivity contribution >= 4 is 0 Å². The standard InChI is InChI=1S/C21H30N2O/c1-17(20-11-7-8-18(14-20)16-23(2)3)22-15-21(12-13-24)19-9-5-4-6-10-19/h4-11,14,17,21-22,24H,12-13,15-16H2,1-3H3. The van der Waals surface area contributed by atoms with Crippen LogP contribution >= 0.6 is 0 Å². The number of hydrogen-bond acceptors (Lipinski definition) is 3. The van der Waals surface area contributed by atoms with Crippen LogP contribution < -0.4 is 5.32 Å². The van der Waals surface area contributed by atoms with Gasteiger partial charge in [0.25, 0.3) is 0 Å². The van der Waals surface area contributed by atoms with Gasteiger partial charge in [0.05, 0.1) is 0 Å². The molecule has 0 aliphatic heterocycles. The molecule has 24 heavy (non-hydrogen) atoms. The van der Waals surface area contributed by atoms with Crippen molar-refractivity contribution in [1.29, 1.82) is 0 Å². The number of nitrogens with zero attached hydrogens (tertiary/aromatic N) is 1. The molecule has 0 heterocycles. The zero-order chi connectivity index (χ0) is 17.4. The Bertz CT molecular complexity index is 598. The molecule has 130 valence electrons. The van der Waals surface area contributed by atoms with Gasteiger partial charge >= 0.3 is 0 Å².